The lowest BCUT2D eigenvalue weighted by atomic mass is 9.97. The standard InChI is InChI=1S/C33H24Cl2N2O2/c1-21-6-10-24(11-7-21)31-29(18-36)33(39-32(31)25-12-8-22(2)9-13-25)37-19-26-17-28(35)14-15-30(26)38-20-23-4-3-5-27(34)16-23/h3-17,19H,20H2,1-2H3. The van der Waals surface area contributed by atoms with Gasteiger partial charge in [-0.15, -0.1) is 0 Å². The number of ether oxygens (including phenoxy) is 1. The van der Waals surface area contributed by atoms with E-state index in [1.54, 1.807) is 24.4 Å². The van der Waals surface area contributed by atoms with Crippen LogP contribution in [0.2, 0.25) is 10.0 Å². The smallest absolute Gasteiger partial charge is 0.238 e. The van der Waals surface area contributed by atoms with Crippen LogP contribution in [0.4, 0.5) is 5.88 Å². The summed E-state index contributed by atoms with van der Waals surface area (Å²) < 4.78 is 12.3. The van der Waals surface area contributed by atoms with Crippen LogP contribution in [0.3, 0.4) is 0 Å². The number of hydrogen-bond acceptors (Lipinski definition) is 4. The summed E-state index contributed by atoms with van der Waals surface area (Å²) in [6, 6.07) is 31.1. The zero-order chi connectivity index (χ0) is 27.4. The molecule has 39 heavy (non-hydrogen) atoms. The fraction of sp³-hybridized carbons (Fsp3) is 0.0909. The molecule has 0 saturated carbocycles. The molecule has 0 bridgehead atoms. The molecule has 0 fully saturated rings. The van der Waals surface area contributed by atoms with Crippen molar-refractivity contribution in [3.63, 3.8) is 0 Å². The minimum Gasteiger partial charge on any atom is -0.488 e. The molecular weight excluding hydrogens is 527 g/mol. The van der Waals surface area contributed by atoms with E-state index >= 15 is 0 Å². The summed E-state index contributed by atoms with van der Waals surface area (Å²) in [7, 11) is 0. The Hall–Kier alpha value is -4.30. The molecule has 192 valence electrons. The van der Waals surface area contributed by atoms with Crippen molar-refractivity contribution >= 4 is 35.3 Å². The highest BCUT2D eigenvalue weighted by Crippen LogP contribution is 2.42. The van der Waals surface area contributed by atoms with E-state index in [-0.39, 0.29) is 5.88 Å². The van der Waals surface area contributed by atoms with Crippen LogP contribution in [0.15, 0.2) is 100 Å². The number of aliphatic imine (C=N–C) groups is 1. The summed E-state index contributed by atoms with van der Waals surface area (Å²) in [5.41, 5.74) is 6.65. The maximum Gasteiger partial charge on any atom is 0.238 e. The van der Waals surface area contributed by atoms with Crippen LogP contribution in [0.5, 0.6) is 5.75 Å². The van der Waals surface area contributed by atoms with Gasteiger partial charge in [0.25, 0.3) is 0 Å². The molecule has 4 nitrogen and oxygen atoms in total. The molecule has 1 heterocycles. The van der Waals surface area contributed by atoms with E-state index in [0.29, 0.717) is 44.9 Å². The first-order valence-corrected chi connectivity index (χ1v) is 13.1. The van der Waals surface area contributed by atoms with Gasteiger partial charge < -0.3 is 9.15 Å². The summed E-state index contributed by atoms with van der Waals surface area (Å²) in [6.45, 7) is 4.38. The molecule has 5 rings (SSSR count). The first-order valence-electron chi connectivity index (χ1n) is 12.3. The topological polar surface area (TPSA) is 58.5 Å². The van der Waals surface area contributed by atoms with Crippen LogP contribution in [0, 0.1) is 25.2 Å². The molecule has 0 atom stereocenters. The van der Waals surface area contributed by atoms with Gasteiger partial charge in [0.2, 0.25) is 5.88 Å². The van der Waals surface area contributed by atoms with Gasteiger partial charge in [0.05, 0.1) is 0 Å². The number of nitriles is 1. The largest absolute Gasteiger partial charge is 0.488 e. The second kappa shape index (κ2) is 11.6. The van der Waals surface area contributed by atoms with Gasteiger partial charge in [-0.3, -0.25) is 0 Å². The van der Waals surface area contributed by atoms with Gasteiger partial charge in [-0.05, 0) is 55.3 Å². The Morgan fingerprint density at radius 3 is 2.18 bits per heavy atom. The maximum absolute atomic E-state index is 10.2. The third-order valence-corrected chi connectivity index (χ3v) is 6.70. The highest BCUT2D eigenvalue weighted by atomic mass is 35.5. The molecule has 0 N–H and O–H groups in total. The number of halogens is 2. The maximum atomic E-state index is 10.2. The summed E-state index contributed by atoms with van der Waals surface area (Å²) >= 11 is 12.4. The van der Waals surface area contributed by atoms with E-state index in [2.05, 4.69) is 11.1 Å². The van der Waals surface area contributed by atoms with Crippen molar-refractivity contribution in [2.45, 2.75) is 20.5 Å². The summed E-state index contributed by atoms with van der Waals surface area (Å²) in [5.74, 6) is 1.39. The Bertz CT molecular complexity index is 1700. The Balaban J connectivity index is 1.55. The minimum atomic E-state index is 0.212. The molecule has 0 amide bonds. The number of benzene rings is 4. The fourth-order valence-corrected chi connectivity index (χ4v) is 4.58. The molecule has 4 aromatic carbocycles. The van der Waals surface area contributed by atoms with E-state index in [1.165, 1.54) is 0 Å². The highest BCUT2D eigenvalue weighted by Gasteiger charge is 2.23. The van der Waals surface area contributed by atoms with Crippen molar-refractivity contribution in [1.82, 2.24) is 0 Å². The van der Waals surface area contributed by atoms with Crippen LogP contribution in [-0.4, -0.2) is 6.21 Å². The lowest BCUT2D eigenvalue weighted by Crippen LogP contribution is -1.98. The van der Waals surface area contributed by atoms with Crippen LogP contribution in [-0.2, 0) is 6.61 Å². The highest BCUT2D eigenvalue weighted by molar-refractivity contribution is 6.31. The van der Waals surface area contributed by atoms with Gasteiger partial charge in [-0.1, -0.05) is 95.0 Å². The van der Waals surface area contributed by atoms with Crippen molar-refractivity contribution in [1.29, 1.82) is 5.26 Å². The summed E-state index contributed by atoms with van der Waals surface area (Å²) in [5, 5.41) is 11.4. The van der Waals surface area contributed by atoms with Gasteiger partial charge in [-0.2, -0.15) is 5.26 Å². The Labute approximate surface area is 237 Å². The van der Waals surface area contributed by atoms with Crippen molar-refractivity contribution in [2.75, 3.05) is 0 Å². The molecular formula is C33H24Cl2N2O2. The predicted octanol–water partition coefficient (Wildman–Crippen LogP) is 9.74. The number of nitrogens with zero attached hydrogens (tertiary/aromatic N) is 2. The number of furan rings is 1. The van der Waals surface area contributed by atoms with E-state index in [9.17, 15) is 5.26 Å². The number of aryl methyl sites for hydroxylation is 2. The van der Waals surface area contributed by atoms with Gasteiger partial charge in [0, 0.05) is 33.0 Å². The Morgan fingerprint density at radius 2 is 1.51 bits per heavy atom. The molecule has 0 aliphatic heterocycles. The van der Waals surface area contributed by atoms with Crippen LogP contribution < -0.4 is 4.74 Å². The lowest BCUT2D eigenvalue weighted by molar-refractivity contribution is 0.306. The average Bonchev–Trinajstić information content (AvgIpc) is 3.30. The van der Waals surface area contributed by atoms with Gasteiger partial charge >= 0.3 is 0 Å². The first kappa shape index (κ1) is 26.3. The van der Waals surface area contributed by atoms with Crippen LogP contribution in [0.1, 0.15) is 27.8 Å². The van der Waals surface area contributed by atoms with Gasteiger partial charge in [0.1, 0.15) is 29.7 Å². The summed E-state index contributed by atoms with van der Waals surface area (Å²) in [6.07, 6.45) is 1.61. The van der Waals surface area contributed by atoms with Crippen molar-refractivity contribution in [2.24, 2.45) is 4.99 Å². The normalized spacial score (nSPS) is 11.1. The second-order valence-electron chi connectivity index (χ2n) is 9.19. The second-order valence-corrected chi connectivity index (χ2v) is 10.1. The zero-order valence-electron chi connectivity index (χ0n) is 21.4. The van der Waals surface area contributed by atoms with Crippen molar-refractivity contribution in [3.05, 3.63) is 129 Å². The molecule has 0 aliphatic rings. The third-order valence-electron chi connectivity index (χ3n) is 6.23. The van der Waals surface area contributed by atoms with E-state index in [1.807, 2.05) is 86.6 Å². The monoisotopic (exact) mass is 550 g/mol. The van der Waals surface area contributed by atoms with Crippen LogP contribution >= 0.6 is 23.2 Å². The molecule has 0 unspecified atom stereocenters. The van der Waals surface area contributed by atoms with E-state index < -0.39 is 0 Å². The Kier molecular flexibility index (Phi) is 7.84. The zero-order valence-corrected chi connectivity index (χ0v) is 22.9. The third kappa shape index (κ3) is 6.07. The van der Waals surface area contributed by atoms with E-state index in [4.69, 9.17) is 32.4 Å². The lowest BCUT2D eigenvalue weighted by Gasteiger charge is -2.10. The van der Waals surface area contributed by atoms with E-state index in [0.717, 1.165) is 27.8 Å². The van der Waals surface area contributed by atoms with Gasteiger partial charge in [-0.25, -0.2) is 4.99 Å². The van der Waals surface area contributed by atoms with Crippen LogP contribution in [0.25, 0.3) is 22.5 Å². The molecule has 0 radical (unpaired) electrons. The molecule has 5 aromatic rings. The van der Waals surface area contributed by atoms with Crippen molar-refractivity contribution < 1.29 is 9.15 Å². The quantitative estimate of drug-likeness (QED) is 0.189. The Morgan fingerprint density at radius 1 is 0.846 bits per heavy atom. The first-order chi connectivity index (χ1) is 18.9. The molecule has 0 saturated heterocycles. The summed E-state index contributed by atoms with van der Waals surface area (Å²) in [4.78, 5) is 4.61. The molecule has 0 spiro atoms. The average molecular weight is 551 g/mol. The SMILES string of the molecule is Cc1ccc(-c2oc(N=Cc3cc(Cl)ccc3OCc3cccc(Cl)c3)c(C#N)c2-c2ccc(C)cc2)cc1. The molecule has 0 aliphatic carbocycles. The molecule has 1 aromatic heterocycles. The van der Waals surface area contributed by atoms with Crippen molar-refractivity contribution in [3.8, 4) is 34.3 Å². The van der Waals surface area contributed by atoms with Gasteiger partial charge in [0.15, 0.2) is 0 Å². The molecule has 6 heteroatoms. The number of rotatable bonds is 7. The minimum absolute atomic E-state index is 0.212. The number of hydrogen-bond donors (Lipinski definition) is 0. The predicted molar refractivity (Wildman–Crippen MR) is 158 cm³/mol. The fourth-order valence-electron chi connectivity index (χ4n) is 4.19.